The molecule has 0 amide bonds. The molecule has 28 heavy (non-hydrogen) atoms. The Kier molecular flexibility index (Phi) is 5.84. The Bertz CT molecular complexity index is 553. The van der Waals surface area contributed by atoms with Crippen LogP contribution in [0.3, 0.4) is 0 Å². The summed E-state index contributed by atoms with van der Waals surface area (Å²) >= 11 is 0. The van der Waals surface area contributed by atoms with Crippen LogP contribution in [-0.4, -0.2) is 53.5 Å². The van der Waals surface area contributed by atoms with Crippen LogP contribution < -0.4 is 0 Å². The summed E-state index contributed by atoms with van der Waals surface area (Å²) in [6.45, 7) is 6.01. The Balaban J connectivity index is 1.60. The number of methoxy groups -OCH3 is 1. The zero-order valence-corrected chi connectivity index (χ0v) is 17.8. The molecule has 0 aromatic heterocycles. The minimum absolute atomic E-state index is 0.00184. The second-order valence-electron chi connectivity index (χ2n) is 9.92. The van der Waals surface area contributed by atoms with E-state index < -0.39 is 24.0 Å². The average Bonchev–Trinajstić information content (AvgIpc) is 2.75. The monoisotopic (exact) mass is 398 g/mol. The topological polar surface area (TPSA) is 77.4 Å². The van der Waals surface area contributed by atoms with Crippen LogP contribution in [0.15, 0.2) is 0 Å². The molecule has 162 valence electrons. The molecule has 4 rings (SSSR count). The standard InChI is InChI=1S/C22H38O6/c1-13-9-10-16-14(2)19(26-18-8-6-5-7-17(18)25-4)27-20-22(16,24)15(13)11-12-21(3,23)28-20/h13-20,23-24H,5-12H2,1-4H3/t13-,14-,15?,16?,17?,18?,19?,20-,21+,22-/m1/s1. The van der Waals surface area contributed by atoms with E-state index in [-0.39, 0.29) is 30.0 Å². The third kappa shape index (κ3) is 3.54. The second-order valence-corrected chi connectivity index (χ2v) is 9.92. The predicted octanol–water partition coefficient (Wildman–Crippen LogP) is 3.19. The van der Waals surface area contributed by atoms with Gasteiger partial charge in [-0.3, -0.25) is 0 Å². The zero-order valence-electron chi connectivity index (χ0n) is 17.8. The fourth-order valence-corrected chi connectivity index (χ4v) is 6.35. The second kappa shape index (κ2) is 7.78. The van der Waals surface area contributed by atoms with Gasteiger partial charge in [-0.15, -0.1) is 0 Å². The van der Waals surface area contributed by atoms with Gasteiger partial charge in [-0.1, -0.05) is 26.7 Å². The molecule has 4 aliphatic rings. The van der Waals surface area contributed by atoms with E-state index in [0.717, 1.165) is 44.9 Å². The van der Waals surface area contributed by atoms with Crippen molar-refractivity contribution in [3.05, 3.63) is 0 Å². The molecule has 2 heterocycles. The van der Waals surface area contributed by atoms with Crippen molar-refractivity contribution in [2.75, 3.05) is 7.11 Å². The Morgan fingerprint density at radius 3 is 2.36 bits per heavy atom. The van der Waals surface area contributed by atoms with Crippen molar-refractivity contribution in [2.24, 2.45) is 23.7 Å². The molecule has 2 aliphatic carbocycles. The molecule has 4 fully saturated rings. The summed E-state index contributed by atoms with van der Waals surface area (Å²) in [6, 6.07) is 0. The van der Waals surface area contributed by atoms with Gasteiger partial charge in [0, 0.05) is 25.4 Å². The number of hydrogen-bond donors (Lipinski definition) is 2. The van der Waals surface area contributed by atoms with Crippen LogP contribution in [0, 0.1) is 23.7 Å². The van der Waals surface area contributed by atoms with E-state index in [2.05, 4.69) is 13.8 Å². The maximum Gasteiger partial charge on any atom is 0.193 e. The fraction of sp³-hybridized carbons (Fsp3) is 1.00. The summed E-state index contributed by atoms with van der Waals surface area (Å²) in [5, 5.41) is 22.6. The van der Waals surface area contributed by atoms with E-state index in [0.29, 0.717) is 12.3 Å². The summed E-state index contributed by atoms with van der Waals surface area (Å²) in [7, 11) is 1.75. The number of aliphatic hydroxyl groups is 2. The molecule has 0 aromatic carbocycles. The van der Waals surface area contributed by atoms with E-state index in [1.807, 2.05) is 0 Å². The van der Waals surface area contributed by atoms with Gasteiger partial charge in [0.2, 0.25) is 0 Å². The summed E-state index contributed by atoms with van der Waals surface area (Å²) in [5.74, 6) is -0.758. The highest BCUT2D eigenvalue weighted by Gasteiger charge is 2.63. The van der Waals surface area contributed by atoms with Gasteiger partial charge in [0.15, 0.2) is 18.4 Å². The molecule has 0 radical (unpaired) electrons. The average molecular weight is 399 g/mol. The Morgan fingerprint density at radius 1 is 0.929 bits per heavy atom. The van der Waals surface area contributed by atoms with E-state index in [4.69, 9.17) is 18.9 Å². The zero-order chi connectivity index (χ0) is 20.1. The number of rotatable bonds is 3. The minimum atomic E-state index is -1.30. The summed E-state index contributed by atoms with van der Waals surface area (Å²) in [6.07, 6.45) is 6.28. The smallest absolute Gasteiger partial charge is 0.193 e. The number of ether oxygens (including phenoxy) is 4. The molecular weight excluding hydrogens is 360 g/mol. The van der Waals surface area contributed by atoms with Crippen molar-refractivity contribution in [1.82, 2.24) is 0 Å². The molecule has 2 aliphatic heterocycles. The third-order valence-corrected chi connectivity index (χ3v) is 8.04. The molecule has 5 unspecified atom stereocenters. The van der Waals surface area contributed by atoms with Gasteiger partial charge in [0.25, 0.3) is 0 Å². The van der Waals surface area contributed by atoms with Gasteiger partial charge < -0.3 is 29.2 Å². The van der Waals surface area contributed by atoms with E-state index in [1.165, 1.54) is 0 Å². The van der Waals surface area contributed by atoms with Crippen molar-refractivity contribution in [3.63, 3.8) is 0 Å². The van der Waals surface area contributed by atoms with Crippen molar-refractivity contribution in [3.8, 4) is 0 Å². The first kappa shape index (κ1) is 21.0. The largest absolute Gasteiger partial charge is 0.384 e. The lowest BCUT2D eigenvalue weighted by atomic mass is 9.58. The first-order valence-corrected chi connectivity index (χ1v) is 11.2. The Labute approximate surface area is 168 Å². The molecule has 2 saturated carbocycles. The van der Waals surface area contributed by atoms with Gasteiger partial charge in [-0.25, -0.2) is 0 Å². The van der Waals surface area contributed by atoms with Crippen LogP contribution in [0.4, 0.5) is 0 Å². The molecule has 0 aromatic rings. The van der Waals surface area contributed by atoms with Crippen LogP contribution in [0.25, 0.3) is 0 Å². The van der Waals surface area contributed by atoms with Gasteiger partial charge in [0.1, 0.15) is 5.60 Å². The summed E-state index contributed by atoms with van der Waals surface area (Å²) < 4.78 is 24.4. The van der Waals surface area contributed by atoms with Crippen LogP contribution in [0.1, 0.15) is 72.1 Å². The van der Waals surface area contributed by atoms with E-state index in [9.17, 15) is 10.2 Å². The normalized spacial score (nSPS) is 54.6. The molecule has 2 saturated heterocycles. The molecule has 10 atom stereocenters. The van der Waals surface area contributed by atoms with Crippen molar-refractivity contribution >= 4 is 0 Å². The van der Waals surface area contributed by atoms with Crippen molar-refractivity contribution in [1.29, 1.82) is 0 Å². The van der Waals surface area contributed by atoms with E-state index >= 15 is 0 Å². The highest BCUT2D eigenvalue weighted by Crippen LogP contribution is 2.56. The molecule has 0 spiro atoms. The quantitative estimate of drug-likeness (QED) is 0.760. The van der Waals surface area contributed by atoms with Gasteiger partial charge in [-0.2, -0.15) is 0 Å². The predicted molar refractivity (Wildman–Crippen MR) is 103 cm³/mol. The number of hydrogen-bond acceptors (Lipinski definition) is 6. The first-order valence-electron chi connectivity index (χ1n) is 11.2. The van der Waals surface area contributed by atoms with Gasteiger partial charge in [0.05, 0.1) is 12.2 Å². The van der Waals surface area contributed by atoms with E-state index in [1.54, 1.807) is 14.0 Å². The molecule has 2 N–H and O–H groups in total. The molecule has 0 bridgehead atoms. The van der Waals surface area contributed by atoms with Crippen LogP contribution in [0.5, 0.6) is 0 Å². The fourth-order valence-electron chi connectivity index (χ4n) is 6.35. The SMILES string of the molecule is COC1CCCCC1OC1O[C@@H]2O[C@](C)(O)CCC3[C@H](C)CCC([C@H]1C)[C@]32O. The maximum absolute atomic E-state index is 11.9. The lowest BCUT2D eigenvalue weighted by molar-refractivity contribution is -0.414. The minimum Gasteiger partial charge on any atom is -0.384 e. The van der Waals surface area contributed by atoms with Crippen molar-refractivity contribution < 1.29 is 29.2 Å². The Hall–Kier alpha value is -0.240. The highest BCUT2D eigenvalue weighted by atomic mass is 16.8. The van der Waals surface area contributed by atoms with Gasteiger partial charge >= 0.3 is 0 Å². The lowest BCUT2D eigenvalue weighted by Crippen LogP contribution is -2.67. The molecule has 6 nitrogen and oxygen atoms in total. The molecule has 6 heteroatoms. The molecular formula is C22H38O6. The van der Waals surface area contributed by atoms with Crippen LogP contribution >= 0.6 is 0 Å². The summed E-state index contributed by atoms with van der Waals surface area (Å²) in [4.78, 5) is 0. The maximum atomic E-state index is 11.9. The Morgan fingerprint density at radius 2 is 1.64 bits per heavy atom. The van der Waals surface area contributed by atoms with Gasteiger partial charge in [-0.05, 0) is 50.9 Å². The van der Waals surface area contributed by atoms with Crippen LogP contribution in [-0.2, 0) is 18.9 Å². The summed E-state index contributed by atoms with van der Waals surface area (Å²) in [5.41, 5.74) is -1.08. The third-order valence-electron chi connectivity index (χ3n) is 8.04. The lowest BCUT2D eigenvalue weighted by Gasteiger charge is -2.57. The van der Waals surface area contributed by atoms with Crippen molar-refractivity contribution in [2.45, 2.75) is 108 Å². The highest BCUT2D eigenvalue weighted by molar-refractivity contribution is 5.07. The first-order chi connectivity index (χ1) is 13.3. The van der Waals surface area contributed by atoms with Crippen LogP contribution in [0.2, 0.25) is 0 Å².